The fourth-order valence-corrected chi connectivity index (χ4v) is 0.883. The predicted molar refractivity (Wildman–Crippen MR) is 42.4 cm³/mol. The number of carbonyl (C=O) groups excluding carboxylic acids is 1. The molecule has 1 rings (SSSR count). The van der Waals surface area contributed by atoms with Crippen molar-refractivity contribution in [2.45, 2.75) is 13.0 Å². The summed E-state index contributed by atoms with van der Waals surface area (Å²) in [5, 5.41) is 8.89. The Labute approximate surface area is 69.6 Å². The van der Waals surface area contributed by atoms with E-state index in [9.17, 15) is 9.18 Å². The molecule has 0 heterocycles. The third kappa shape index (κ3) is 1.89. The Morgan fingerprint density at radius 3 is 2.75 bits per heavy atom. The van der Waals surface area contributed by atoms with Gasteiger partial charge in [-0.15, -0.1) is 0 Å². The predicted octanol–water partition coefficient (Wildman–Crippen LogP) is 1.39. The van der Waals surface area contributed by atoms with E-state index in [2.05, 4.69) is 0 Å². The second-order valence-electron chi connectivity index (χ2n) is 2.55. The summed E-state index contributed by atoms with van der Waals surface area (Å²) < 4.78 is 12.6. The molecule has 0 unspecified atom stereocenters. The van der Waals surface area contributed by atoms with Crippen molar-refractivity contribution in [3.05, 3.63) is 35.6 Å². The van der Waals surface area contributed by atoms with Crippen LogP contribution in [0, 0.1) is 5.82 Å². The SMILES string of the molecule is C[C@@H](O)C(=O)c1cccc(F)c1. The van der Waals surface area contributed by atoms with E-state index in [4.69, 9.17) is 5.11 Å². The Kier molecular flexibility index (Phi) is 2.55. The molecule has 0 amide bonds. The van der Waals surface area contributed by atoms with E-state index in [1.165, 1.54) is 25.1 Å². The zero-order chi connectivity index (χ0) is 9.14. The van der Waals surface area contributed by atoms with Crippen molar-refractivity contribution in [1.29, 1.82) is 0 Å². The maximum atomic E-state index is 12.6. The van der Waals surface area contributed by atoms with Gasteiger partial charge in [0.2, 0.25) is 0 Å². The summed E-state index contributed by atoms with van der Waals surface area (Å²) >= 11 is 0. The molecular weight excluding hydrogens is 159 g/mol. The first-order valence-electron chi connectivity index (χ1n) is 3.59. The van der Waals surface area contributed by atoms with Gasteiger partial charge in [0, 0.05) is 5.56 Å². The summed E-state index contributed by atoms with van der Waals surface area (Å²) in [6, 6.07) is 5.26. The first kappa shape index (κ1) is 8.87. The van der Waals surface area contributed by atoms with Crippen molar-refractivity contribution in [1.82, 2.24) is 0 Å². The van der Waals surface area contributed by atoms with Gasteiger partial charge in [0.25, 0.3) is 0 Å². The van der Waals surface area contributed by atoms with Crippen molar-refractivity contribution < 1.29 is 14.3 Å². The monoisotopic (exact) mass is 168 g/mol. The number of Topliss-reactive ketones (excluding diaryl/α,β-unsaturated/α-hetero) is 1. The summed E-state index contributed by atoms with van der Waals surface area (Å²) in [6.45, 7) is 1.35. The molecule has 0 bridgehead atoms. The van der Waals surface area contributed by atoms with Crippen LogP contribution in [0.4, 0.5) is 4.39 Å². The highest BCUT2D eigenvalue weighted by atomic mass is 19.1. The number of benzene rings is 1. The molecule has 1 aromatic rings. The smallest absolute Gasteiger partial charge is 0.191 e. The molecule has 64 valence electrons. The molecule has 0 saturated carbocycles. The molecular formula is C9H9FO2. The van der Waals surface area contributed by atoms with Crippen molar-refractivity contribution in [2.24, 2.45) is 0 Å². The first-order chi connectivity index (χ1) is 5.61. The van der Waals surface area contributed by atoms with E-state index < -0.39 is 17.7 Å². The molecule has 1 atom stereocenters. The normalized spacial score (nSPS) is 12.6. The molecule has 3 heteroatoms. The lowest BCUT2D eigenvalue weighted by Gasteiger charge is -2.02. The van der Waals surface area contributed by atoms with Gasteiger partial charge in [-0.3, -0.25) is 4.79 Å². The number of ketones is 1. The molecule has 1 N–H and O–H groups in total. The van der Waals surface area contributed by atoms with Gasteiger partial charge in [-0.1, -0.05) is 12.1 Å². The highest BCUT2D eigenvalue weighted by Gasteiger charge is 2.11. The van der Waals surface area contributed by atoms with Gasteiger partial charge in [-0.25, -0.2) is 4.39 Å². The second kappa shape index (κ2) is 3.45. The zero-order valence-corrected chi connectivity index (χ0v) is 6.62. The molecule has 0 fully saturated rings. The number of aliphatic hydroxyl groups excluding tert-OH is 1. The number of hydrogen-bond acceptors (Lipinski definition) is 2. The van der Waals surface area contributed by atoms with Crippen LogP contribution in [0.5, 0.6) is 0 Å². The summed E-state index contributed by atoms with van der Waals surface area (Å²) in [5.74, 6) is -0.934. The summed E-state index contributed by atoms with van der Waals surface area (Å²) in [5.41, 5.74) is 0.199. The van der Waals surface area contributed by atoms with E-state index in [0.717, 1.165) is 6.07 Å². The van der Waals surface area contributed by atoms with Crippen molar-refractivity contribution in [3.63, 3.8) is 0 Å². The van der Waals surface area contributed by atoms with Gasteiger partial charge in [0.05, 0.1) is 0 Å². The highest BCUT2D eigenvalue weighted by molar-refractivity contribution is 5.98. The maximum absolute atomic E-state index is 12.6. The van der Waals surface area contributed by atoms with E-state index in [1.807, 2.05) is 0 Å². The molecule has 0 spiro atoms. The molecule has 12 heavy (non-hydrogen) atoms. The van der Waals surface area contributed by atoms with E-state index >= 15 is 0 Å². The van der Waals surface area contributed by atoms with Crippen molar-refractivity contribution in [3.8, 4) is 0 Å². The lowest BCUT2D eigenvalue weighted by Crippen LogP contribution is -2.15. The lowest BCUT2D eigenvalue weighted by atomic mass is 10.1. The van der Waals surface area contributed by atoms with Gasteiger partial charge in [-0.2, -0.15) is 0 Å². The Hall–Kier alpha value is -1.22. The Bertz CT molecular complexity index is 294. The molecule has 0 aromatic heterocycles. The molecule has 0 aliphatic heterocycles. The van der Waals surface area contributed by atoms with Crippen LogP contribution in [-0.2, 0) is 0 Å². The van der Waals surface area contributed by atoms with Gasteiger partial charge >= 0.3 is 0 Å². The van der Waals surface area contributed by atoms with E-state index in [1.54, 1.807) is 0 Å². The highest BCUT2D eigenvalue weighted by Crippen LogP contribution is 2.06. The van der Waals surface area contributed by atoms with E-state index in [0.29, 0.717) is 0 Å². The Balaban J connectivity index is 2.96. The molecule has 0 aliphatic carbocycles. The second-order valence-corrected chi connectivity index (χ2v) is 2.55. The zero-order valence-electron chi connectivity index (χ0n) is 6.62. The largest absolute Gasteiger partial charge is 0.385 e. The van der Waals surface area contributed by atoms with E-state index in [-0.39, 0.29) is 5.56 Å². The molecule has 0 saturated heterocycles. The summed E-state index contributed by atoms with van der Waals surface area (Å²) in [7, 11) is 0. The third-order valence-electron chi connectivity index (χ3n) is 1.49. The minimum Gasteiger partial charge on any atom is -0.385 e. The number of aliphatic hydroxyl groups is 1. The number of carbonyl (C=O) groups is 1. The van der Waals surface area contributed by atoms with Crippen LogP contribution in [-0.4, -0.2) is 17.0 Å². The average Bonchev–Trinajstić information content (AvgIpc) is 2.03. The van der Waals surface area contributed by atoms with Gasteiger partial charge in [0.1, 0.15) is 11.9 Å². The fraction of sp³-hybridized carbons (Fsp3) is 0.222. The Morgan fingerprint density at radius 1 is 1.58 bits per heavy atom. The van der Waals surface area contributed by atoms with Crippen molar-refractivity contribution in [2.75, 3.05) is 0 Å². The number of hydrogen-bond donors (Lipinski definition) is 1. The topological polar surface area (TPSA) is 37.3 Å². The van der Waals surface area contributed by atoms with Crippen LogP contribution in [0.1, 0.15) is 17.3 Å². The number of rotatable bonds is 2. The van der Waals surface area contributed by atoms with Crippen LogP contribution in [0.2, 0.25) is 0 Å². The summed E-state index contributed by atoms with van der Waals surface area (Å²) in [6.07, 6.45) is -1.08. The minimum absolute atomic E-state index is 0.199. The Morgan fingerprint density at radius 2 is 2.25 bits per heavy atom. The molecule has 0 aliphatic rings. The van der Waals surface area contributed by atoms with Gasteiger partial charge in [-0.05, 0) is 19.1 Å². The van der Waals surface area contributed by atoms with Crippen molar-refractivity contribution >= 4 is 5.78 Å². The van der Waals surface area contributed by atoms with Crippen LogP contribution in [0.15, 0.2) is 24.3 Å². The van der Waals surface area contributed by atoms with Crippen LogP contribution in [0.25, 0.3) is 0 Å². The van der Waals surface area contributed by atoms with Crippen LogP contribution < -0.4 is 0 Å². The quantitative estimate of drug-likeness (QED) is 0.677. The summed E-state index contributed by atoms with van der Waals surface area (Å²) in [4.78, 5) is 11.1. The fourth-order valence-electron chi connectivity index (χ4n) is 0.883. The average molecular weight is 168 g/mol. The molecule has 2 nitrogen and oxygen atoms in total. The third-order valence-corrected chi connectivity index (χ3v) is 1.49. The standard InChI is InChI=1S/C9H9FO2/c1-6(11)9(12)7-3-2-4-8(10)5-7/h2-6,11H,1H3/t6-/m1/s1. The van der Waals surface area contributed by atoms with Gasteiger partial charge in [0.15, 0.2) is 5.78 Å². The molecule has 1 aromatic carbocycles. The van der Waals surface area contributed by atoms with Crippen LogP contribution in [0.3, 0.4) is 0 Å². The number of halogens is 1. The van der Waals surface area contributed by atoms with Crippen LogP contribution >= 0.6 is 0 Å². The maximum Gasteiger partial charge on any atom is 0.191 e. The lowest BCUT2D eigenvalue weighted by molar-refractivity contribution is 0.0779. The van der Waals surface area contributed by atoms with Gasteiger partial charge < -0.3 is 5.11 Å². The minimum atomic E-state index is -1.08. The first-order valence-corrected chi connectivity index (χ1v) is 3.59. The molecule has 0 radical (unpaired) electrons.